The summed E-state index contributed by atoms with van der Waals surface area (Å²) in [6.07, 6.45) is 4.90. The maximum atomic E-state index is 11.5. The minimum absolute atomic E-state index is 0.0552. The summed E-state index contributed by atoms with van der Waals surface area (Å²) in [5.74, 6) is 0. The minimum Gasteiger partial charge on any atom is -0.383 e. The van der Waals surface area contributed by atoms with Crippen LogP contribution in [0, 0.1) is 0 Å². The van der Waals surface area contributed by atoms with Crippen LogP contribution in [-0.2, 0) is 4.74 Å². The molecule has 1 aliphatic heterocycles. The van der Waals surface area contributed by atoms with Gasteiger partial charge in [0.1, 0.15) is 0 Å². The van der Waals surface area contributed by atoms with Crippen molar-refractivity contribution in [1.82, 2.24) is 15.5 Å². The second-order valence-corrected chi connectivity index (χ2v) is 5.01. The summed E-state index contributed by atoms with van der Waals surface area (Å²) in [6.45, 7) is 6.90. The van der Waals surface area contributed by atoms with Crippen molar-refractivity contribution in [2.45, 2.75) is 38.6 Å². The van der Waals surface area contributed by atoms with Gasteiger partial charge in [-0.05, 0) is 52.2 Å². The third-order valence-corrected chi connectivity index (χ3v) is 3.18. The number of amides is 2. The molecule has 106 valence electrons. The Labute approximate surface area is 110 Å². The van der Waals surface area contributed by atoms with E-state index < -0.39 is 0 Å². The lowest BCUT2D eigenvalue weighted by atomic mass is 10.3. The van der Waals surface area contributed by atoms with Gasteiger partial charge in [0.05, 0.1) is 12.6 Å². The summed E-state index contributed by atoms with van der Waals surface area (Å²) in [5.41, 5.74) is 0. The molecule has 1 atom stereocenters. The molecular weight excluding hydrogens is 230 g/mol. The number of nitrogens with one attached hydrogen (secondary N) is 2. The van der Waals surface area contributed by atoms with Crippen LogP contribution in [0.3, 0.4) is 0 Å². The largest absolute Gasteiger partial charge is 0.383 e. The molecular formula is C13H27N3O2. The second kappa shape index (κ2) is 9.16. The smallest absolute Gasteiger partial charge is 0.315 e. The fourth-order valence-corrected chi connectivity index (χ4v) is 2.24. The molecule has 0 spiro atoms. The molecule has 1 rings (SSSR count). The van der Waals surface area contributed by atoms with Crippen LogP contribution in [0.25, 0.3) is 0 Å². The number of unbranched alkanes of at least 4 members (excludes halogenated alkanes) is 1. The van der Waals surface area contributed by atoms with E-state index in [1.54, 1.807) is 7.11 Å². The average Bonchev–Trinajstić information content (AvgIpc) is 2.81. The fourth-order valence-electron chi connectivity index (χ4n) is 2.24. The maximum Gasteiger partial charge on any atom is 0.315 e. The van der Waals surface area contributed by atoms with Crippen LogP contribution in [0.1, 0.15) is 32.6 Å². The van der Waals surface area contributed by atoms with Crippen molar-refractivity contribution in [3.63, 3.8) is 0 Å². The van der Waals surface area contributed by atoms with Crippen LogP contribution < -0.4 is 10.6 Å². The summed E-state index contributed by atoms with van der Waals surface area (Å²) in [7, 11) is 1.63. The van der Waals surface area contributed by atoms with Crippen molar-refractivity contribution >= 4 is 6.03 Å². The Morgan fingerprint density at radius 1 is 1.33 bits per heavy atom. The summed E-state index contributed by atoms with van der Waals surface area (Å²) in [5, 5.41) is 5.70. The molecule has 0 aliphatic carbocycles. The Morgan fingerprint density at radius 3 is 2.72 bits per heavy atom. The molecule has 1 heterocycles. The first-order chi connectivity index (χ1) is 8.72. The molecule has 0 aromatic carbocycles. The van der Waals surface area contributed by atoms with E-state index in [9.17, 15) is 4.79 Å². The standard InChI is InChI=1S/C13H27N3O2/c1-12(11-18-2)15-13(17)14-7-3-4-8-16-9-5-6-10-16/h12H,3-11H2,1-2H3,(H2,14,15,17). The van der Waals surface area contributed by atoms with Crippen molar-refractivity contribution in [3.8, 4) is 0 Å². The molecule has 0 saturated carbocycles. The van der Waals surface area contributed by atoms with Crippen molar-refractivity contribution in [2.24, 2.45) is 0 Å². The van der Waals surface area contributed by atoms with E-state index >= 15 is 0 Å². The number of nitrogens with zero attached hydrogens (tertiary/aromatic N) is 1. The molecule has 2 N–H and O–H groups in total. The first-order valence-corrected chi connectivity index (χ1v) is 6.98. The predicted molar refractivity (Wildman–Crippen MR) is 72.8 cm³/mol. The zero-order valence-corrected chi connectivity index (χ0v) is 11.7. The molecule has 1 aliphatic rings. The second-order valence-electron chi connectivity index (χ2n) is 5.01. The number of likely N-dealkylation sites (tertiary alicyclic amines) is 1. The third-order valence-electron chi connectivity index (χ3n) is 3.18. The Kier molecular flexibility index (Phi) is 7.76. The van der Waals surface area contributed by atoms with E-state index in [-0.39, 0.29) is 12.1 Å². The zero-order valence-electron chi connectivity index (χ0n) is 11.7. The number of hydrogen-bond acceptors (Lipinski definition) is 3. The normalized spacial score (nSPS) is 17.7. The molecule has 2 amide bonds. The van der Waals surface area contributed by atoms with Crippen molar-refractivity contribution in [2.75, 3.05) is 39.9 Å². The van der Waals surface area contributed by atoms with Gasteiger partial charge in [-0.25, -0.2) is 4.79 Å². The highest BCUT2D eigenvalue weighted by molar-refractivity contribution is 5.74. The minimum atomic E-state index is -0.0966. The van der Waals surface area contributed by atoms with Crippen LogP contribution in [-0.4, -0.2) is 56.9 Å². The maximum absolute atomic E-state index is 11.5. The number of carbonyl (C=O) groups excluding carboxylic acids is 1. The number of methoxy groups -OCH3 is 1. The Bertz CT molecular complexity index is 230. The van der Waals surface area contributed by atoms with E-state index in [1.165, 1.54) is 32.5 Å². The van der Waals surface area contributed by atoms with Crippen LogP contribution in [0.2, 0.25) is 0 Å². The SMILES string of the molecule is COCC(C)NC(=O)NCCCCN1CCCC1. The van der Waals surface area contributed by atoms with E-state index in [4.69, 9.17) is 4.74 Å². The lowest BCUT2D eigenvalue weighted by Gasteiger charge is -2.15. The number of rotatable bonds is 8. The van der Waals surface area contributed by atoms with Crippen LogP contribution in [0.15, 0.2) is 0 Å². The Balaban J connectivity index is 1.91. The molecule has 0 aromatic rings. The predicted octanol–water partition coefficient (Wildman–Crippen LogP) is 1.20. The van der Waals surface area contributed by atoms with E-state index in [2.05, 4.69) is 15.5 Å². The highest BCUT2D eigenvalue weighted by Gasteiger charge is 2.10. The highest BCUT2D eigenvalue weighted by Crippen LogP contribution is 2.07. The Hall–Kier alpha value is -0.810. The van der Waals surface area contributed by atoms with Gasteiger partial charge in [0.2, 0.25) is 0 Å². The third kappa shape index (κ3) is 6.81. The zero-order chi connectivity index (χ0) is 13.2. The first kappa shape index (κ1) is 15.2. The van der Waals surface area contributed by atoms with Crippen molar-refractivity contribution in [1.29, 1.82) is 0 Å². The lowest BCUT2D eigenvalue weighted by molar-refractivity contribution is 0.171. The summed E-state index contributed by atoms with van der Waals surface area (Å²) in [6, 6.07) is -0.0414. The molecule has 5 heteroatoms. The van der Waals surface area contributed by atoms with Gasteiger partial charge in [-0.15, -0.1) is 0 Å². The van der Waals surface area contributed by atoms with Crippen molar-refractivity contribution in [3.05, 3.63) is 0 Å². The summed E-state index contributed by atoms with van der Waals surface area (Å²) < 4.78 is 4.96. The molecule has 5 nitrogen and oxygen atoms in total. The van der Waals surface area contributed by atoms with Crippen LogP contribution in [0.4, 0.5) is 4.79 Å². The lowest BCUT2D eigenvalue weighted by Crippen LogP contribution is -2.42. The van der Waals surface area contributed by atoms with Gasteiger partial charge in [0.15, 0.2) is 0 Å². The van der Waals surface area contributed by atoms with Crippen LogP contribution in [0.5, 0.6) is 0 Å². The molecule has 0 bridgehead atoms. The van der Waals surface area contributed by atoms with Gasteiger partial charge >= 0.3 is 6.03 Å². The van der Waals surface area contributed by atoms with Gasteiger partial charge in [0, 0.05) is 13.7 Å². The highest BCUT2D eigenvalue weighted by atomic mass is 16.5. The van der Waals surface area contributed by atoms with E-state index in [0.717, 1.165) is 19.4 Å². The number of hydrogen-bond donors (Lipinski definition) is 2. The first-order valence-electron chi connectivity index (χ1n) is 6.98. The number of ether oxygens (including phenoxy) is 1. The molecule has 0 radical (unpaired) electrons. The molecule has 1 fully saturated rings. The fraction of sp³-hybridized carbons (Fsp3) is 0.923. The topological polar surface area (TPSA) is 53.6 Å². The van der Waals surface area contributed by atoms with Gasteiger partial charge in [0.25, 0.3) is 0 Å². The monoisotopic (exact) mass is 257 g/mol. The molecule has 18 heavy (non-hydrogen) atoms. The van der Waals surface area contributed by atoms with E-state index in [0.29, 0.717) is 6.61 Å². The van der Waals surface area contributed by atoms with Gasteiger partial charge in [-0.3, -0.25) is 0 Å². The quantitative estimate of drug-likeness (QED) is 0.642. The number of carbonyl (C=O) groups is 1. The van der Waals surface area contributed by atoms with E-state index in [1.807, 2.05) is 6.92 Å². The molecule has 1 saturated heterocycles. The van der Waals surface area contributed by atoms with Gasteiger partial charge in [-0.2, -0.15) is 0 Å². The average molecular weight is 257 g/mol. The molecule has 0 aromatic heterocycles. The van der Waals surface area contributed by atoms with Gasteiger partial charge in [-0.1, -0.05) is 0 Å². The van der Waals surface area contributed by atoms with Crippen LogP contribution >= 0.6 is 0 Å². The Morgan fingerprint density at radius 2 is 2.06 bits per heavy atom. The number of urea groups is 1. The van der Waals surface area contributed by atoms with Crippen molar-refractivity contribution < 1.29 is 9.53 Å². The molecule has 1 unspecified atom stereocenters. The summed E-state index contributed by atoms with van der Waals surface area (Å²) in [4.78, 5) is 14.0. The van der Waals surface area contributed by atoms with Gasteiger partial charge < -0.3 is 20.3 Å². The summed E-state index contributed by atoms with van der Waals surface area (Å²) >= 11 is 0.